The molecule has 4 N–H and O–H groups in total. The Morgan fingerprint density at radius 1 is 0.870 bits per heavy atom. The fourth-order valence-corrected chi connectivity index (χ4v) is 2.60. The summed E-state index contributed by atoms with van der Waals surface area (Å²) < 4.78 is 13.6. The second-order valence-corrected chi connectivity index (χ2v) is 5.34. The van der Waals surface area contributed by atoms with Crippen LogP contribution >= 0.6 is 0 Å². The third-order valence-electron chi connectivity index (χ3n) is 3.42. The highest BCUT2D eigenvalue weighted by Crippen LogP contribution is 2.35. The van der Waals surface area contributed by atoms with E-state index >= 15 is 0 Å². The van der Waals surface area contributed by atoms with Crippen molar-refractivity contribution in [2.75, 3.05) is 11.5 Å². The molecule has 3 rings (SSSR count). The van der Waals surface area contributed by atoms with Crippen LogP contribution in [-0.2, 0) is 0 Å². The molecular formula is C17H16FN5. The van der Waals surface area contributed by atoms with Gasteiger partial charge in [-0.1, -0.05) is 12.1 Å². The molecule has 3 aromatic rings. The Bertz CT molecular complexity index is 872. The van der Waals surface area contributed by atoms with Crippen LogP contribution in [-0.4, -0.2) is 15.0 Å². The molecule has 0 amide bonds. The lowest BCUT2D eigenvalue weighted by Crippen LogP contribution is -2.05. The van der Waals surface area contributed by atoms with Crippen LogP contribution in [0.5, 0.6) is 0 Å². The standard InChI is InChI=1S/C17H16FN5/c1-9-6-12(7-10(2)21-9)14-15(22-17(20)23-16(14)19)11-4-3-5-13(18)8-11/h3-8H,1-2H3,(H4,19,20,22,23). The topological polar surface area (TPSA) is 90.7 Å². The van der Waals surface area contributed by atoms with E-state index in [4.69, 9.17) is 11.5 Å². The summed E-state index contributed by atoms with van der Waals surface area (Å²) in [4.78, 5) is 12.7. The lowest BCUT2D eigenvalue weighted by Gasteiger charge is -2.13. The number of anilines is 2. The normalized spacial score (nSPS) is 10.7. The molecule has 0 spiro atoms. The minimum Gasteiger partial charge on any atom is -0.383 e. The van der Waals surface area contributed by atoms with Gasteiger partial charge in [-0.3, -0.25) is 4.98 Å². The van der Waals surface area contributed by atoms with Gasteiger partial charge in [0.15, 0.2) is 0 Å². The van der Waals surface area contributed by atoms with E-state index in [1.807, 2.05) is 26.0 Å². The maximum atomic E-state index is 13.6. The summed E-state index contributed by atoms with van der Waals surface area (Å²) >= 11 is 0. The SMILES string of the molecule is Cc1cc(-c2c(N)nc(N)nc2-c2cccc(F)c2)cc(C)n1. The summed E-state index contributed by atoms with van der Waals surface area (Å²) in [6, 6.07) is 9.92. The largest absolute Gasteiger partial charge is 0.383 e. The van der Waals surface area contributed by atoms with Gasteiger partial charge in [-0.2, -0.15) is 4.98 Å². The van der Waals surface area contributed by atoms with Crippen molar-refractivity contribution in [2.24, 2.45) is 0 Å². The highest BCUT2D eigenvalue weighted by atomic mass is 19.1. The zero-order valence-corrected chi connectivity index (χ0v) is 12.8. The van der Waals surface area contributed by atoms with Crippen LogP contribution in [0.4, 0.5) is 16.2 Å². The van der Waals surface area contributed by atoms with Crippen molar-refractivity contribution < 1.29 is 4.39 Å². The molecular weight excluding hydrogens is 293 g/mol. The minimum absolute atomic E-state index is 0.0491. The molecule has 116 valence electrons. The first-order valence-corrected chi connectivity index (χ1v) is 7.08. The average Bonchev–Trinajstić information content (AvgIpc) is 2.45. The number of nitrogens with zero attached hydrogens (tertiary/aromatic N) is 3. The Kier molecular flexibility index (Phi) is 3.65. The number of pyridine rings is 1. The van der Waals surface area contributed by atoms with E-state index < -0.39 is 0 Å². The van der Waals surface area contributed by atoms with Crippen LogP contribution in [0, 0.1) is 19.7 Å². The van der Waals surface area contributed by atoms with Gasteiger partial charge in [0.1, 0.15) is 11.6 Å². The van der Waals surface area contributed by atoms with E-state index in [-0.39, 0.29) is 17.6 Å². The molecule has 0 unspecified atom stereocenters. The van der Waals surface area contributed by atoms with E-state index in [0.29, 0.717) is 16.8 Å². The number of aryl methyl sites for hydroxylation is 2. The van der Waals surface area contributed by atoms with Crippen molar-refractivity contribution in [1.29, 1.82) is 0 Å². The quantitative estimate of drug-likeness (QED) is 0.759. The first-order valence-electron chi connectivity index (χ1n) is 7.08. The third-order valence-corrected chi connectivity index (χ3v) is 3.42. The van der Waals surface area contributed by atoms with Crippen LogP contribution in [0.1, 0.15) is 11.4 Å². The number of nitrogens with two attached hydrogens (primary N) is 2. The molecule has 6 heteroatoms. The number of hydrogen-bond acceptors (Lipinski definition) is 5. The van der Waals surface area contributed by atoms with Crippen LogP contribution < -0.4 is 11.5 Å². The highest BCUT2D eigenvalue weighted by Gasteiger charge is 2.16. The number of halogens is 1. The van der Waals surface area contributed by atoms with Crippen LogP contribution in [0.2, 0.25) is 0 Å². The first kappa shape index (κ1) is 14.9. The molecule has 5 nitrogen and oxygen atoms in total. The van der Waals surface area contributed by atoms with Crippen molar-refractivity contribution in [3.8, 4) is 22.4 Å². The fraction of sp³-hybridized carbons (Fsp3) is 0.118. The predicted molar refractivity (Wildman–Crippen MR) is 89.0 cm³/mol. The minimum atomic E-state index is -0.355. The summed E-state index contributed by atoms with van der Waals surface area (Å²) in [6.07, 6.45) is 0. The molecule has 0 fully saturated rings. The van der Waals surface area contributed by atoms with Gasteiger partial charge in [0.05, 0.1) is 11.3 Å². The molecule has 1 aromatic carbocycles. The zero-order chi connectivity index (χ0) is 16.6. The summed E-state index contributed by atoms with van der Waals surface area (Å²) in [7, 11) is 0. The van der Waals surface area contributed by atoms with Gasteiger partial charge in [0.2, 0.25) is 5.95 Å². The van der Waals surface area contributed by atoms with Crippen molar-refractivity contribution in [3.05, 3.63) is 53.6 Å². The van der Waals surface area contributed by atoms with Crippen LogP contribution in [0.3, 0.4) is 0 Å². The summed E-state index contributed by atoms with van der Waals surface area (Å²) in [6.45, 7) is 3.79. The first-order chi connectivity index (χ1) is 10.9. The number of nitrogen functional groups attached to an aromatic ring is 2. The molecule has 0 saturated heterocycles. The third kappa shape index (κ3) is 2.96. The number of hydrogen-bond donors (Lipinski definition) is 2. The Balaban J connectivity index is 2.32. The second kappa shape index (κ2) is 5.64. The zero-order valence-electron chi connectivity index (χ0n) is 12.8. The summed E-state index contributed by atoms with van der Waals surface area (Å²) in [5, 5.41) is 0. The van der Waals surface area contributed by atoms with E-state index in [1.165, 1.54) is 12.1 Å². The molecule has 0 saturated carbocycles. The number of aromatic nitrogens is 3. The maximum Gasteiger partial charge on any atom is 0.222 e. The summed E-state index contributed by atoms with van der Waals surface area (Å²) in [5.74, 6) is -0.0546. The van der Waals surface area contributed by atoms with E-state index in [0.717, 1.165) is 17.0 Å². The van der Waals surface area contributed by atoms with Crippen molar-refractivity contribution in [1.82, 2.24) is 15.0 Å². The molecule has 0 aliphatic heterocycles. The summed E-state index contributed by atoms with van der Waals surface area (Å²) in [5.41, 5.74) is 16.1. The number of rotatable bonds is 2. The van der Waals surface area contributed by atoms with E-state index in [2.05, 4.69) is 15.0 Å². The van der Waals surface area contributed by atoms with Crippen LogP contribution in [0.25, 0.3) is 22.4 Å². The Labute approximate surface area is 133 Å². The molecule has 0 aliphatic rings. The number of benzene rings is 1. The maximum absolute atomic E-state index is 13.6. The van der Waals surface area contributed by atoms with E-state index in [1.54, 1.807) is 12.1 Å². The predicted octanol–water partition coefficient (Wildman–Crippen LogP) is 3.13. The molecule has 2 heterocycles. The van der Waals surface area contributed by atoms with Crippen LogP contribution in [0.15, 0.2) is 36.4 Å². The van der Waals surface area contributed by atoms with Gasteiger partial charge in [-0.15, -0.1) is 0 Å². The Morgan fingerprint density at radius 2 is 1.57 bits per heavy atom. The molecule has 0 radical (unpaired) electrons. The Morgan fingerprint density at radius 3 is 2.22 bits per heavy atom. The van der Waals surface area contributed by atoms with Gasteiger partial charge in [-0.25, -0.2) is 9.37 Å². The van der Waals surface area contributed by atoms with Crippen molar-refractivity contribution in [2.45, 2.75) is 13.8 Å². The Hall–Kier alpha value is -3.02. The van der Waals surface area contributed by atoms with Gasteiger partial charge < -0.3 is 11.5 Å². The second-order valence-electron chi connectivity index (χ2n) is 5.34. The van der Waals surface area contributed by atoms with Gasteiger partial charge in [-0.05, 0) is 43.7 Å². The lowest BCUT2D eigenvalue weighted by atomic mass is 9.99. The smallest absolute Gasteiger partial charge is 0.222 e. The molecule has 2 aromatic heterocycles. The monoisotopic (exact) mass is 309 g/mol. The lowest BCUT2D eigenvalue weighted by molar-refractivity contribution is 0.628. The molecule has 0 bridgehead atoms. The average molecular weight is 309 g/mol. The van der Waals surface area contributed by atoms with Gasteiger partial charge >= 0.3 is 0 Å². The van der Waals surface area contributed by atoms with Crippen molar-refractivity contribution >= 4 is 11.8 Å². The molecule has 23 heavy (non-hydrogen) atoms. The van der Waals surface area contributed by atoms with Gasteiger partial charge in [0.25, 0.3) is 0 Å². The van der Waals surface area contributed by atoms with E-state index in [9.17, 15) is 4.39 Å². The highest BCUT2D eigenvalue weighted by molar-refractivity contribution is 5.88. The van der Waals surface area contributed by atoms with Crippen molar-refractivity contribution in [3.63, 3.8) is 0 Å². The molecule has 0 atom stereocenters. The molecule has 0 aliphatic carbocycles. The van der Waals surface area contributed by atoms with Gasteiger partial charge in [0, 0.05) is 17.0 Å². The fourth-order valence-electron chi connectivity index (χ4n) is 2.60.